The monoisotopic (exact) mass is 316 g/mol. The number of nitrogens with zero attached hydrogens (tertiary/aromatic N) is 2. The van der Waals surface area contributed by atoms with Crippen LogP contribution in [0.5, 0.6) is 5.75 Å². The van der Waals surface area contributed by atoms with Crippen LogP contribution in [0.15, 0.2) is 46.2 Å². The molecule has 0 amide bonds. The number of carbonyl (C=O) groups is 1. The van der Waals surface area contributed by atoms with Crippen LogP contribution in [-0.2, 0) is 4.79 Å². The summed E-state index contributed by atoms with van der Waals surface area (Å²) in [6.07, 6.45) is 0.750. The number of aromatic hydroxyl groups is 1. The highest BCUT2D eigenvalue weighted by Crippen LogP contribution is 2.49. The highest BCUT2D eigenvalue weighted by Gasteiger charge is 2.21. The van der Waals surface area contributed by atoms with Crippen LogP contribution in [-0.4, -0.2) is 32.5 Å². The van der Waals surface area contributed by atoms with E-state index in [1.54, 1.807) is 17.8 Å². The van der Waals surface area contributed by atoms with Crippen molar-refractivity contribution in [3.63, 3.8) is 0 Å². The Balaban J connectivity index is 0.000000545. The SMILES string of the molecule is CC=O.CN(C)c1ccc2c(c1)Sc1cc(O)ccc1N2C. The molecule has 0 aliphatic carbocycles. The molecule has 2 aromatic rings. The van der Waals surface area contributed by atoms with E-state index in [1.807, 2.05) is 26.2 Å². The van der Waals surface area contributed by atoms with E-state index in [0.29, 0.717) is 5.75 Å². The Morgan fingerprint density at radius 1 is 1.09 bits per heavy atom. The van der Waals surface area contributed by atoms with Gasteiger partial charge >= 0.3 is 0 Å². The van der Waals surface area contributed by atoms with E-state index in [1.165, 1.54) is 23.2 Å². The Labute approximate surface area is 135 Å². The highest BCUT2D eigenvalue weighted by atomic mass is 32.2. The number of phenols is 1. The van der Waals surface area contributed by atoms with Gasteiger partial charge in [0.05, 0.1) is 11.4 Å². The van der Waals surface area contributed by atoms with Crippen molar-refractivity contribution < 1.29 is 9.90 Å². The standard InChI is InChI=1S/C15H16N2OS.C2H4O/c1-16(2)10-4-6-12-14(8-10)19-15-9-11(18)5-7-13(15)17(12)3;1-2-3/h4-9,18H,1-3H3;2H,1H3. The summed E-state index contributed by atoms with van der Waals surface area (Å²) in [7, 11) is 6.14. The first kappa shape index (κ1) is 16.2. The molecule has 1 N–H and O–H groups in total. The summed E-state index contributed by atoms with van der Waals surface area (Å²) in [5.41, 5.74) is 3.52. The van der Waals surface area contributed by atoms with Gasteiger partial charge in [-0.15, -0.1) is 0 Å². The molecule has 1 heterocycles. The Morgan fingerprint density at radius 2 is 1.64 bits per heavy atom. The number of benzene rings is 2. The molecule has 5 heteroatoms. The normalized spacial score (nSPS) is 11.7. The first-order chi connectivity index (χ1) is 10.5. The maximum absolute atomic E-state index is 9.63. The van der Waals surface area contributed by atoms with Gasteiger partial charge < -0.3 is 19.7 Å². The molecule has 4 nitrogen and oxygen atoms in total. The smallest absolute Gasteiger partial charge is 0.116 e. The zero-order valence-electron chi connectivity index (χ0n) is 13.2. The molecule has 1 aliphatic heterocycles. The van der Waals surface area contributed by atoms with Gasteiger partial charge in [-0.25, -0.2) is 0 Å². The van der Waals surface area contributed by atoms with Crippen LogP contribution in [0.25, 0.3) is 0 Å². The molecule has 0 saturated heterocycles. The number of fused-ring (bicyclic) bond motifs is 2. The van der Waals surface area contributed by atoms with Crippen LogP contribution in [0.3, 0.4) is 0 Å². The predicted molar refractivity (Wildman–Crippen MR) is 92.8 cm³/mol. The third kappa shape index (κ3) is 3.20. The van der Waals surface area contributed by atoms with Gasteiger partial charge in [-0.2, -0.15) is 0 Å². The van der Waals surface area contributed by atoms with Gasteiger partial charge in [0.15, 0.2) is 0 Å². The lowest BCUT2D eigenvalue weighted by Crippen LogP contribution is -2.15. The van der Waals surface area contributed by atoms with Crippen molar-refractivity contribution in [2.75, 3.05) is 30.9 Å². The summed E-state index contributed by atoms with van der Waals surface area (Å²) >= 11 is 1.70. The van der Waals surface area contributed by atoms with Crippen molar-refractivity contribution in [3.8, 4) is 5.75 Å². The zero-order chi connectivity index (χ0) is 16.3. The topological polar surface area (TPSA) is 43.8 Å². The molecule has 0 radical (unpaired) electrons. The molecule has 0 bridgehead atoms. The fourth-order valence-corrected chi connectivity index (χ4v) is 3.47. The van der Waals surface area contributed by atoms with Gasteiger partial charge in [0.1, 0.15) is 12.0 Å². The fourth-order valence-electron chi connectivity index (χ4n) is 2.25. The number of aldehydes is 1. The summed E-state index contributed by atoms with van der Waals surface area (Å²) in [5.74, 6) is 0.312. The Bertz CT molecular complexity index is 686. The molecule has 1 aliphatic rings. The molecular formula is C17H20N2O2S. The van der Waals surface area contributed by atoms with Crippen LogP contribution < -0.4 is 9.80 Å². The van der Waals surface area contributed by atoms with Crippen molar-refractivity contribution in [1.82, 2.24) is 0 Å². The first-order valence-electron chi connectivity index (χ1n) is 6.93. The minimum absolute atomic E-state index is 0.312. The van der Waals surface area contributed by atoms with Crippen molar-refractivity contribution in [2.45, 2.75) is 16.7 Å². The molecule has 0 saturated carbocycles. The lowest BCUT2D eigenvalue weighted by molar-refractivity contribution is -0.106. The second kappa shape index (κ2) is 6.75. The fraction of sp³-hybridized carbons (Fsp3) is 0.235. The average molecular weight is 316 g/mol. The molecule has 0 atom stereocenters. The second-order valence-electron chi connectivity index (χ2n) is 5.10. The lowest BCUT2D eigenvalue weighted by atomic mass is 10.2. The van der Waals surface area contributed by atoms with Gasteiger partial charge in [-0.05, 0) is 43.3 Å². The Morgan fingerprint density at radius 3 is 2.23 bits per heavy atom. The number of anilines is 3. The molecule has 0 unspecified atom stereocenters. The van der Waals surface area contributed by atoms with E-state index >= 15 is 0 Å². The molecule has 2 aromatic carbocycles. The molecular weight excluding hydrogens is 296 g/mol. The summed E-state index contributed by atoms with van der Waals surface area (Å²) in [6.45, 7) is 1.44. The zero-order valence-corrected chi connectivity index (χ0v) is 14.0. The molecule has 0 aromatic heterocycles. The summed E-state index contributed by atoms with van der Waals surface area (Å²) in [5, 5.41) is 9.63. The summed E-state index contributed by atoms with van der Waals surface area (Å²) in [4.78, 5) is 15.4. The van der Waals surface area contributed by atoms with Crippen LogP contribution in [0.4, 0.5) is 17.1 Å². The number of phenolic OH excluding ortho intramolecular Hbond substituents is 1. The van der Waals surface area contributed by atoms with Crippen molar-refractivity contribution in [3.05, 3.63) is 36.4 Å². The second-order valence-corrected chi connectivity index (χ2v) is 6.18. The number of hydrogen-bond donors (Lipinski definition) is 1. The Kier molecular flexibility index (Phi) is 4.98. The predicted octanol–water partition coefficient (Wildman–Crippen LogP) is 3.90. The number of rotatable bonds is 1. The number of carbonyl (C=O) groups excluding carboxylic acids is 1. The van der Waals surface area contributed by atoms with Crippen molar-refractivity contribution in [1.29, 1.82) is 0 Å². The minimum atomic E-state index is 0.312. The van der Waals surface area contributed by atoms with Gasteiger partial charge in [0.2, 0.25) is 0 Å². The van der Waals surface area contributed by atoms with E-state index in [9.17, 15) is 5.11 Å². The van der Waals surface area contributed by atoms with Gasteiger partial charge in [0, 0.05) is 36.6 Å². The third-order valence-electron chi connectivity index (χ3n) is 3.35. The molecule has 0 fully saturated rings. The molecule has 3 rings (SSSR count). The van der Waals surface area contributed by atoms with Gasteiger partial charge in [-0.3, -0.25) is 0 Å². The van der Waals surface area contributed by atoms with Crippen LogP contribution in [0, 0.1) is 0 Å². The summed E-state index contributed by atoms with van der Waals surface area (Å²) < 4.78 is 0. The maximum atomic E-state index is 9.63. The molecule has 0 spiro atoms. The summed E-state index contributed by atoms with van der Waals surface area (Å²) in [6, 6.07) is 12.0. The number of hydrogen-bond acceptors (Lipinski definition) is 5. The maximum Gasteiger partial charge on any atom is 0.116 e. The average Bonchev–Trinajstić information content (AvgIpc) is 2.47. The van der Waals surface area contributed by atoms with Crippen molar-refractivity contribution >= 4 is 35.1 Å². The highest BCUT2D eigenvalue weighted by molar-refractivity contribution is 7.99. The van der Waals surface area contributed by atoms with E-state index in [0.717, 1.165) is 16.9 Å². The molecule has 22 heavy (non-hydrogen) atoms. The molecule has 116 valence electrons. The lowest BCUT2D eigenvalue weighted by Gasteiger charge is -2.30. The van der Waals surface area contributed by atoms with E-state index in [-0.39, 0.29) is 0 Å². The first-order valence-corrected chi connectivity index (χ1v) is 7.75. The van der Waals surface area contributed by atoms with Crippen LogP contribution in [0.2, 0.25) is 0 Å². The largest absolute Gasteiger partial charge is 0.508 e. The van der Waals surface area contributed by atoms with Gasteiger partial charge in [-0.1, -0.05) is 11.8 Å². The quantitative estimate of drug-likeness (QED) is 0.808. The third-order valence-corrected chi connectivity index (χ3v) is 4.44. The van der Waals surface area contributed by atoms with Crippen LogP contribution in [0.1, 0.15) is 6.92 Å². The van der Waals surface area contributed by atoms with E-state index in [2.05, 4.69) is 35.0 Å². The van der Waals surface area contributed by atoms with Crippen LogP contribution >= 0.6 is 11.8 Å². The van der Waals surface area contributed by atoms with Gasteiger partial charge in [0.25, 0.3) is 0 Å². The minimum Gasteiger partial charge on any atom is -0.508 e. The van der Waals surface area contributed by atoms with E-state index < -0.39 is 0 Å². The van der Waals surface area contributed by atoms with E-state index in [4.69, 9.17) is 4.79 Å². The Hall–Kier alpha value is -2.14. The van der Waals surface area contributed by atoms with Crippen molar-refractivity contribution in [2.24, 2.45) is 0 Å².